The summed E-state index contributed by atoms with van der Waals surface area (Å²) in [6, 6.07) is 24.8. The number of Topliss-reactive ketones (excluding diaryl/α,β-unsaturated/α-hetero) is 1. The Kier molecular flexibility index (Phi) is 8.71. The Morgan fingerprint density at radius 1 is 0.727 bits per heavy atom. The van der Waals surface area contributed by atoms with Crippen LogP contribution in [-0.2, 0) is 9.59 Å². The maximum Gasteiger partial charge on any atom is 0.308 e. The van der Waals surface area contributed by atoms with E-state index in [2.05, 4.69) is 0 Å². The number of ketones is 1. The number of ether oxygens (including phenoxy) is 3. The lowest BCUT2D eigenvalue weighted by atomic mass is 9.88. The average molecular weight is 591 g/mol. The number of esters is 2. The Morgan fingerprint density at radius 2 is 1.32 bits per heavy atom. The molecule has 6 rings (SSSR count). The first-order chi connectivity index (χ1) is 21.1. The molecular weight excluding hydrogens is 560 g/mol. The standard InChI is InChI=1S/C18H16O4.C18H14O4/c2*1-11-3-8-15-17(9-11)21-10-16(18(15)20)13-4-6-14(7-5-13)22-12(2)19/h3-9,16H,10H2,1-2H3;3-10H,1-2H3. The molecule has 1 aliphatic rings. The number of hydrogen-bond donors (Lipinski definition) is 0. The Labute approximate surface area is 253 Å². The van der Waals surface area contributed by atoms with Crippen molar-refractivity contribution in [3.63, 3.8) is 0 Å². The predicted molar refractivity (Wildman–Crippen MR) is 165 cm³/mol. The second kappa shape index (κ2) is 12.8. The van der Waals surface area contributed by atoms with Crippen molar-refractivity contribution in [2.45, 2.75) is 33.6 Å². The van der Waals surface area contributed by atoms with E-state index in [1.54, 1.807) is 54.6 Å². The summed E-state index contributed by atoms with van der Waals surface area (Å²) in [5.74, 6) is 0.539. The summed E-state index contributed by atoms with van der Waals surface area (Å²) in [5.41, 5.74) is 5.26. The first-order valence-corrected chi connectivity index (χ1v) is 14.0. The van der Waals surface area contributed by atoms with E-state index >= 15 is 0 Å². The molecule has 8 nitrogen and oxygen atoms in total. The number of rotatable bonds is 4. The molecule has 2 heterocycles. The van der Waals surface area contributed by atoms with Crippen molar-refractivity contribution in [1.82, 2.24) is 0 Å². The van der Waals surface area contributed by atoms with Crippen LogP contribution in [0.15, 0.2) is 100 Å². The van der Waals surface area contributed by atoms with E-state index in [9.17, 15) is 19.2 Å². The summed E-state index contributed by atoms with van der Waals surface area (Å²) in [4.78, 5) is 47.0. The summed E-state index contributed by atoms with van der Waals surface area (Å²) in [5, 5.41) is 0.548. The summed E-state index contributed by atoms with van der Waals surface area (Å²) in [7, 11) is 0. The van der Waals surface area contributed by atoms with Gasteiger partial charge in [-0.15, -0.1) is 0 Å². The Hall–Kier alpha value is -5.50. The monoisotopic (exact) mass is 590 g/mol. The molecule has 0 radical (unpaired) electrons. The SMILES string of the molecule is CC(=O)Oc1ccc(-c2coc3cc(C)ccc3c2=O)cc1.CC(=O)Oc1ccc(C2COc3cc(C)ccc3C2=O)cc1. The largest absolute Gasteiger partial charge is 0.492 e. The molecule has 0 saturated carbocycles. The average Bonchev–Trinajstić information content (AvgIpc) is 2.98. The molecule has 5 aromatic rings. The van der Waals surface area contributed by atoms with Crippen LogP contribution in [0.5, 0.6) is 17.2 Å². The summed E-state index contributed by atoms with van der Waals surface area (Å²) in [6.45, 7) is 6.93. The van der Waals surface area contributed by atoms with Crippen molar-refractivity contribution in [2.75, 3.05) is 6.61 Å². The van der Waals surface area contributed by atoms with Gasteiger partial charge in [0.15, 0.2) is 11.2 Å². The molecule has 1 unspecified atom stereocenters. The van der Waals surface area contributed by atoms with Gasteiger partial charge in [0.05, 0.1) is 22.4 Å². The Balaban J connectivity index is 0.000000175. The molecule has 0 amide bonds. The predicted octanol–water partition coefficient (Wildman–Crippen LogP) is 6.97. The van der Waals surface area contributed by atoms with Crippen molar-refractivity contribution < 1.29 is 33.0 Å². The first kappa shape index (κ1) is 30.0. The topological polar surface area (TPSA) is 109 Å². The van der Waals surface area contributed by atoms with Crippen LogP contribution < -0.4 is 19.6 Å². The highest BCUT2D eigenvalue weighted by Gasteiger charge is 2.30. The van der Waals surface area contributed by atoms with Crippen LogP contribution in [-0.4, -0.2) is 24.3 Å². The van der Waals surface area contributed by atoms with Gasteiger partial charge in [-0.25, -0.2) is 0 Å². The lowest BCUT2D eigenvalue weighted by molar-refractivity contribution is -0.132. The van der Waals surface area contributed by atoms with Crippen LogP contribution in [0.4, 0.5) is 0 Å². The summed E-state index contributed by atoms with van der Waals surface area (Å²) >= 11 is 0. The van der Waals surface area contributed by atoms with E-state index < -0.39 is 0 Å². The second-order valence-corrected chi connectivity index (χ2v) is 10.5. The zero-order valence-electron chi connectivity index (χ0n) is 24.7. The molecular formula is C36H30O8. The molecule has 0 spiro atoms. The lowest BCUT2D eigenvalue weighted by Gasteiger charge is -2.24. The van der Waals surface area contributed by atoms with Crippen molar-refractivity contribution in [3.05, 3.63) is 124 Å². The number of hydrogen-bond acceptors (Lipinski definition) is 8. The smallest absolute Gasteiger partial charge is 0.308 e. The second-order valence-electron chi connectivity index (χ2n) is 10.5. The van der Waals surface area contributed by atoms with E-state index in [0.717, 1.165) is 16.7 Å². The van der Waals surface area contributed by atoms with Gasteiger partial charge in [0.2, 0.25) is 0 Å². The van der Waals surface area contributed by atoms with Gasteiger partial charge in [-0.3, -0.25) is 19.2 Å². The van der Waals surface area contributed by atoms with Crippen molar-refractivity contribution in [1.29, 1.82) is 0 Å². The summed E-state index contributed by atoms with van der Waals surface area (Å²) in [6.07, 6.45) is 1.46. The van der Waals surface area contributed by atoms with Crippen molar-refractivity contribution in [3.8, 4) is 28.4 Å². The first-order valence-electron chi connectivity index (χ1n) is 14.0. The maximum absolute atomic E-state index is 12.6. The molecule has 8 heteroatoms. The third-order valence-electron chi connectivity index (χ3n) is 7.03. The molecule has 1 aromatic heterocycles. The quantitative estimate of drug-likeness (QED) is 0.163. The fraction of sp³-hybridized carbons (Fsp3) is 0.167. The fourth-order valence-electron chi connectivity index (χ4n) is 4.87. The van der Waals surface area contributed by atoms with Crippen LogP contribution in [0, 0.1) is 13.8 Å². The minimum Gasteiger partial charge on any atom is -0.492 e. The van der Waals surface area contributed by atoms with Crippen molar-refractivity contribution >= 4 is 28.7 Å². The third kappa shape index (κ3) is 6.76. The zero-order valence-corrected chi connectivity index (χ0v) is 24.7. The van der Waals surface area contributed by atoms with Gasteiger partial charge >= 0.3 is 11.9 Å². The maximum atomic E-state index is 12.6. The number of benzene rings is 4. The number of carbonyl (C=O) groups excluding carboxylic acids is 3. The van der Waals surface area contributed by atoms with Crippen LogP contribution in [0.2, 0.25) is 0 Å². The van der Waals surface area contributed by atoms with Gasteiger partial charge in [-0.1, -0.05) is 36.4 Å². The molecule has 0 N–H and O–H groups in total. The number of fused-ring (bicyclic) bond motifs is 2. The third-order valence-corrected chi connectivity index (χ3v) is 7.03. The molecule has 1 atom stereocenters. The molecule has 1 aliphatic heterocycles. The van der Waals surface area contributed by atoms with E-state index in [1.807, 2.05) is 44.2 Å². The van der Waals surface area contributed by atoms with Gasteiger partial charge in [-0.05, 0) is 84.6 Å². The van der Waals surface area contributed by atoms with Crippen LogP contribution in [0.3, 0.4) is 0 Å². The van der Waals surface area contributed by atoms with Gasteiger partial charge in [-0.2, -0.15) is 0 Å². The van der Waals surface area contributed by atoms with Crippen LogP contribution in [0.1, 0.15) is 46.8 Å². The van der Waals surface area contributed by atoms with E-state index in [-0.39, 0.29) is 29.1 Å². The number of aryl methyl sites for hydroxylation is 2. The van der Waals surface area contributed by atoms with Gasteiger partial charge < -0.3 is 18.6 Å². The van der Waals surface area contributed by atoms with Gasteiger partial charge in [0, 0.05) is 13.8 Å². The fourth-order valence-corrected chi connectivity index (χ4v) is 4.87. The van der Waals surface area contributed by atoms with E-state index in [0.29, 0.717) is 51.5 Å². The minimum atomic E-state index is -0.381. The van der Waals surface area contributed by atoms with E-state index in [4.69, 9.17) is 18.6 Å². The highest BCUT2D eigenvalue weighted by Crippen LogP contribution is 2.33. The van der Waals surface area contributed by atoms with E-state index in [1.165, 1.54) is 20.1 Å². The van der Waals surface area contributed by atoms with Crippen LogP contribution >= 0.6 is 0 Å². The Bertz CT molecular complexity index is 1920. The highest BCUT2D eigenvalue weighted by atomic mass is 16.5. The zero-order chi connectivity index (χ0) is 31.4. The molecule has 222 valence electrons. The molecule has 4 aromatic carbocycles. The number of carbonyl (C=O) groups is 3. The lowest BCUT2D eigenvalue weighted by Crippen LogP contribution is -2.26. The van der Waals surface area contributed by atoms with Crippen molar-refractivity contribution in [2.24, 2.45) is 0 Å². The molecule has 0 saturated heterocycles. The van der Waals surface area contributed by atoms with Crippen LogP contribution in [0.25, 0.3) is 22.1 Å². The minimum absolute atomic E-state index is 0.0569. The Morgan fingerprint density at radius 3 is 1.95 bits per heavy atom. The van der Waals surface area contributed by atoms with Gasteiger partial charge in [0.1, 0.15) is 35.7 Å². The normalized spacial score (nSPS) is 13.6. The molecule has 0 aliphatic carbocycles. The molecule has 0 fully saturated rings. The highest BCUT2D eigenvalue weighted by molar-refractivity contribution is 6.04. The summed E-state index contributed by atoms with van der Waals surface area (Å²) < 4.78 is 21.3. The molecule has 44 heavy (non-hydrogen) atoms. The molecule has 0 bridgehead atoms. The van der Waals surface area contributed by atoms with Gasteiger partial charge in [0.25, 0.3) is 0 Å².